The molecule has 1 unspecified atom stereocenters. The van der Waals surface area contributed by atoms with Crippen LogP contribution in [-0.2, 0) is 14.3 Å². The quantitative estimate of drug-likeness (QED) is 0.643. The Hall–Kier alpha value is -1.63. The fraction of sp³-hybridized carbons (Fsp3) is 0.579. The first-order chi connectivity index (χ1) is 12.4. The third-order valence-electron chi connectivity index (χ3n) is 4.81. The van der Waals surface area contributed by atoms with Crippen LogP contribution >= 0.6 is 11.6 Å². The molecule has 26 heavy (non-hydrogen) atoms. The van der Waals surface area contributed by atoms with Gasteiger partial charge in [-0.3, -0.25) is 9.59 Å². The molecule has 1 aliphatic heterocycles. The minimum Gasteiger partial charge on any atom is -0.384 e. The Morgan fingerprint density at radius 1 is 1.27 bits per heavy atom. The molecule has 1 saturated heterocycles. The molecule has 3 N–H and O–H groups in total. The summed E-state index contributed by atoms with van der Waals surface area (Å²) in [6.07, 6.45) is 2.11. The first-order valence-corrected chi connectivity index (χ1v) is 9.31. The van der Waals surface area contributed by atoms with Crippen LogP contribution in [0.4, 0.5) is 0 Å². The highest BCUT2D eigenvalue weighted by Crippen LogP contribution is 2.28. The SMILES string of the molecule is COCC1(CNC(=O)CC(NC(C)=O)c2ccc(Cl)cc2)CCNCC1. The molecule has 1 aromatic carbocycles. The van der Waals surface area contributed by atoms with Crippen LogP contribution in [0.15, 0.2) is 24.3 Å². The lowest BCUT2D eigenvalue weighted by Crippen LogP contribution is -2.47. The predicted molar refractivity (Wildman–Crippen MR) is 102 cm³/mol. The summed E-state index contributed by atoms with van der Waals surface area (Å²) in [5, 5.41) is 9.84. The van der Waals surface area contributed by atoms with Crippen LogP contribution in [0.5, 0.6) is 0 Å². The van der Waals surface area contributed by atoms with Gasteiger partial charge in [-0.1, -0.05) is 23.7 Å². The van der Waals surface area contributed by atoms with Gasteiger partial charge in [-0.2, -0.15) is 0 Å². The molecule has 7 heteroatoms. The molecule has 144 valence electrons. The maximum atomic E-state index is 12.5. The van der Waals surface area contributed by atoms with Crippen molar-refractivity contribution in [2.75, 3.05) is 33.4 Å². The number of rotatable bonds is 8. The summed E-state index contributed by atoms with van der Waals surface area (Å²) in [7, 11) is 1.69. The second-order valence-corrected chi connectivity index (χ2v) is 7.40. The standard InChI is InChI=1S/C19H28ClN3O3/c1-14(24)23-17(15-3-5-16(20)6-4-15)11-18(25)22-12-19(13-26-2)7-9-21-10-8-19/h3-6,17,21H,7-13H2,1-2H3,(H,22,25)(H,23,24). The summed E-state index contributed by atoms with van der Waals surface area (Å²) in [6, 6.07) is 6.79. The average molecular weight is 382 g/mol. The molecule has 2 amide bonds. The third kappa shape index (κ3) is 6.27. The second-order valence-electron chi connectivity index (χ2n) is 6.97. The number of halogens is 1. The smallest absolute Gasteiger partial charge is 0.222 e. The molecule has 1 aromatic rings. The van der Waals surface area contributed by atoms with Gasteiger partial charge >= 0.3 is 0 Å². The molecule has 0 aliphatic carbocycles. The Kier molecular flexibility index (Phi) is 7.87. The van der Waals surface area contributed by atoms with Crippen LogP contribution in [0.2, 0.25) is 5.02 Å². The summed E-state index contributed by atoms with van der Waals surface area (Å²) in [6.45, 7) is 4.51. The Morgan fingerprint density at radius 2 is 1.92 bits per heavy atom. The fourth-order valence-electron chi connectivity index (χ4n) is 3.37. The van der Waals surface area contributed by atoms with Crippen LogP contribution in [0.1, 0.15) is 37.8 Å². The number of nitrogens with one attached hydrogen (secondary N) is 3. The highest BCUT2D eigenvalue weighted by atomic mass is 35.5. The van der Waals surface area contributed by atoms with Crippen molar-refractivity contribution in [2.24, 2.45) is 5.41 Å². The lowest BCUT2D eigenvalue weighted by molar-refractivity contribution is -0.123. The molecule has 0 radical (unpaired) electrons. The molecule has 1 atom stereocenters. The van der Waals surface area contributed by atoms with Crippen LogP contribution in [0.3, 0.4) is 0 Å². The largest absolute Gasteiger partial charge is 0.384 e. The number of methoxy groups -OCH3 is 1. The third-order valence-corrected chi connectivity index (χ3v) is 5.07. The van der Waals surface area contributed by atoms with Crippen LogP contribution in [0.25, 0.3) is 0 Å². The molecule has 1 fully saturated rings. The Balaban J connectivity index is 1.97. The lowest BCUT2D eigenvalue weighted by atomic mass is 9.79. The monoisotopic (exact) mass is 381 g/mol. The minimum absolute atomic E-state index is 0.0283. The molecular weight excluding hydrogens is 354 g/mol. The van der Waals surface area contributed by atoms with Crippen molar-refractivity contribution >= 4 is 23.4 Å². The number of carbonyl (C=O) groups excluding carboxylic acids is 2. The fourth-order valence-corrected chi connectivity index (χ4v) is 3.50. The first-order valence-electron chi connectivity index (χ1n) is 8.93. The van der Waals surface area contributed by atoms with Crippen molar-refractivity contribution in [1.29, 1.82) is 0 Å². The van der Waals surface area contributed by atoms with Gasteiger partial charge in [-0.15, -0.1) is 0 Å². The maximum Gasteiger partial charge on any atom is 0.222 e. The summed E-state index contributed by atoms with van der Waals surface area (Å²) >= 11 is 5.93. The Morgan fingerprint density at radius 3 is 2.50 bits per heavy atom. The second kappa shape index (κ2) is 9.90. The van der Waals surface area contributed by atoms with Crippen molar-refractivity contribution in [1.82, 2.24) is 16.0 Å². The molecule has 0 saturated carbocycles. The summed E-state index contributed by atoms with van der Waals surface area (Å²) in [5.41, 5.74) is 0.826. The van der Waals surface area contributed by atoms with E-state index in [1.54, 1.807) is 19.2 Å². The molecule has 0 bridgehead atoms. The van der Waals surface area contributed by atoms with E-state index >= 15 is 0 Å². The van der Waals surface area contributed by atoms with Gasteiger partial charge in [0, 0.05) is 31.0 Å². The van der Waals surface area contributed by atoms with Crippen LogP contribution < -0.4 is 16.0 Å². The van der Waals surface area contributed by atoms with E-state index in [1.807, 2.05) is 12.1 Å². The highest BCUT2D eigenvalue weighted by molar-refractivity contribution is 6.30. The normalized spacial score (nSPS) is 17.3. The summed E-state index contributed by atoms with van der Waals surface area (Å²) < 4.78 is 5.38. The topological polar surface area (TPSA) is 79.5 Å². The van der Waals surface area contributed by atoms with Gasteiger partial charge < -0.3 is 20.7 Å². The zero-order valence-corrected chi connectivity index (χ0v) is 16.2. The number of amides is 2. The van der Waals surface area contributed by atoms with Gasteiger partial charge in [0.15, 0.2) is 0 Å². The number of benzene rings is 1. The van der Waals surface area contributed by atoms with Gasteiger partial charge in [0.2, 0.25) is 11.8 Å². The minimum atomic E-state index is -0.379. The Labute approximate surface area is 160 Å². The number of piperidine rings is 1. The molecule has 1 aliphatic rings. The predicted octanol–water partition coefficient (Wildman–Crippen LogP) is 2.04. The van der Waals surface area contributed by atoms with E-state index < -0.39 is 0 Å². The molecule has 0 spiro atoms. The van der Waals surface area contributed by atoms with Crippen molar-refractivity contribution < 1.29 is 14.3 Å². The van der Waals surface area contributed by atoms with E-state index in [4.69, 9.17) is 16.3 Å². The van der Waals surface area contributed by atoms with Crippen molar-refractivity contribution in [3.05, 3.63) is 34.9 Å². The number of ether oxygens (including phenoxy) is 1. The van der Waals surface area contributed by atoms with E-state index in [2.05, 4.69) is 16.0 Å². The van der Waals surface area contributed by atoms with Gasteiger partial charge in [-0.05, 0) is 43.6 Å². The zero-order chi connectivity index (χ0) is 19.0. The van der Waals surface area contributed by atoms with E-state index in [-0.39, 0.29) is 29.7 Å². The van der Waals surface area contributed by atoms with E-state index in [0.29, 0.717) is 18.2 Å². The highest BCUT2D eigenvalue weighted by Gasteiger charge is 2.32. The van der Waals surface area contributed by atoms with Gasteiger partial charge in [0.05, 0.1) is 19.1 Å². The van der Waals surface area contributed by atoms with E-state index in [9.17, 15) is 9.59 Å². The summed E-state index contributed by atoms with van der Waals surface area (Å²) in [4.78, 5) is 24.0. The van der Waals surface area contributed by atoms with Crippen LogP contribution in [0, 0.1) is 5.41 Å². The first kappa shape index (κ1) is 20.7. The van der Waals surface area contributed by atoms with Gasteiger partial charge in [0.1, 0.15) is 0 Å². The molecule has 6 nitrogen and oxygen atoms in total. The van der Waals surface area contributed by atoms with Crippen LogP contribution in [-0.4, -0.2) is 45.2 Å². The zero-order valence-electron chi connectivity index (χ0n) is 15.4. The molecule has 0 aromatic heterocycles. The number of carbonyl (C=O) groups is 2. The number of hydrogen-bond acceptors (Lipinski definition) is 4. The maximum absolute atomic E-state index is 12.5. The molecule has 2 rings (SSSR count). The Bertz CT molecular complexity index is 595. The summed E-state index contributed by atoms with van der Waals surface area (Å²) in [5.74, 6) is -0.264. The van der Waals surface area contributed by atoms with Crippen molar-refractivity contribution in [3.63, 3.8) is 0 Å². The van der Waals surface area contributed by atoms with Crippen molar-refractivity contribution in [2.45, 2.75) is 32.2 Å². The van der Waals surface area contributed by atoms with E-state index in [1.165, 1.54) is 6.92 Å². The van der Waals surface area contributed by atoms with Gasteiger partial charge in [-0.25, -0.2) is 0 Å². The average Bonchev–Trinajstić information content (AvgIpc) is 2.61. The molecule has 1 heterocycles. The number of hydrogen-bond donors (Lipinski definition) is 3. The van der Waals surface area contributed by atoms with Crippen molar-refractivity contribution in [3.8, 4) is 0 Å². The lowest BCUT2D eigenvalue weighted by Gasteiger charge is -2.37. The van der Waals surface area contributed by atoms with Gasteiger partial charge in [0.25, 0.3) is 0 Å². The van der Waals surface area contributed by atoms with E-state index in [0.717, 1.165) is 31.5 Å². The molecular formula is C19H28ClN3O3.